The zero-order chi connectivity index (χ0) is 32.1. The number of aromatic amines is 1. The molecular formula is C30H42N8O7. The van der Waals surface area contributed by atoms with E-state index in [-0.39, 0.29) is 38.2 Å². The summed E-state index contributed by atoms with van der Waals surface area (Å²) >= 11 is 0. The summed E-state index contributed by atoms with van der Waals surface area (Å²) in [6, 6.07) is 5.46. The summed E-state index contributed by atoms with van der Waals surface area (Å²) in [5.74, 6) is 1.44. The van der Waals surface area contributed by atoms with Gasteiger partial charge in [-0.1, -0.05) is 6.07 Å². The number of benzene rings is 1. The van der Waals surface area contributed by atoms with Gasteiger partial charge in [0, 0.05) is 19.0 Å². The van der Waals surface area contributed by atoms with Crippen LogP contribution < -0.4 is 5.73 Å². The Morgan fingerprint density at radius 3 is 2.49 bits per heavy atom. The van der Waals surface area contributed by atoms with Crippen LogP contribution >= 0.6 is 0 Å². The monoisotopic (exact) mass is 626 g/mol. The van der Waals surface area contributed by atoms with E-state index in [0.29, 0.717) is 22.6 Å². The molecule has 2 fully saturated rings. The lowest BCUT2D eigenvalue weighted by Gasteiger charge is -2.49. The fraction of sp³-hybridized carbons (Fsp3) is 0.600. The molecule has 0 spiro atoms. The lowest BCUT2D eigenvalue weighted by Crippen LogP contribution is -2.58. The molecule has 4 atom stereocenters. The highest BCUT2D eigenvalue weighted by atomic mass is 16.6. The predicted molar refractivity (Wildman–Crippen MR) is 163 cm³/mol. The molecule has 1 saturated carbocycles. The maximum Gasteiger partial charge on any atom is 0.167 e. The molecule has 45 heavy (non-hydrogen) atoms. The Labute approximate surface area is 259 Å². The molecule has 1 aromatic carbocycles. The van der Waals surface area contributed by atoms with Crippen molar-refractivity contribution in [2.24, 2.45) is 5.92 Å². The van der Waals surface area contributed by atoms with E-state index in [1.54, 1.807) is 19.9 Å². The minimum atomic E-state index is -1.24. The van der Waals surface area contributed by atoms with Crippen LogP contribution in [-0.2, 0) is 16.6 Å². The van der Waals surface area contributed by atoms with Crippen LogP contribution in [0.5, 0.6) is 0 Å². The van der Waals surface area contributed by atoms with Gasteiger partial charge in [0.15, 0.2) is 17.7 Å². The van der Waals surface area contributed by atoms with Crippen LogP contribution in [0.4, 0.5) is 5.82 Å². The van der Waals surface area contributed by atoms with Crippen molar-refractivity contribution in [1.82, 2.24) is 34.4 Å². The maximum atomic E-state index is 11.1. The maximum absolute atomic E-state index is 11.1. The molecule has 2 aliphatic rings. The van der Waals surface area contributed by atoms with Crippen LogP contribution in [0, 0.1) is 5.92 Å². The fourth-order valence-corrected chi connectivity index (χ4v) is 6.65. The van der Waals surface area contributed by atoms with E-state index in [1.807, 2.05) is 17.0 Å². The van der Waals surface area contributed by atoms with E-state index in [9.17, 15) is 30.6 Å². The first-order valence-corrected chi connectivity index (χ1v) is 15.2. The second kappa shape index (κ2) is 12.1. The fourth-order valence-electron chi connectivity index (χ4n) is 6.65. The Hall–Kier alpha value is -3.28. The van der Waals surface area contributed by atoms with Crippen molar-refractivity contribution in [2.75, 3.05) is 32.1 Å². The second-order valence-corrected chi connectivity index (χ2v) is 13.0. The average Bonchev–Trinajstić information content (AvgIpc) is 3.68. The Kier molecular flexibility index (Phi) is 8.56. The number of rotatable bonds is 12. The summed E-state index contributed by atoms with van der Waals surface area (Å²) in [6.45, 7) is 2.49. The second-order valence-electron chi connectivity index (χ2n) is 13.0. The number of aromatic nitrogens is 6. The number of nitrogen functional groups attached to an aromatic ring is 1. The SMILES string of the molecule is CC(C)(O)N(CC1OC(n2cnc3c(N)ncnc32)C(O)C1O)C1CC(CCc2nc3ccc(C(CO)(CO)CO)cc3[nH]2)C1. The number of hydrogen-bond acceptors (Lipinski definition) is 13. The molecular weight excluding hydrogens is 584 g/mol. The van der Waals surface area contributed by atoms with Gasteiger partial charge in [-0.05, 0) is 56.7 Å². The molecule has 4 heterocycles. The largest absolute Gasteiger partial charge is 0.395 e. The number of H-pyrrole nitrogens is 1. The molecule has 4 aromatic rings. The summed E-state index contributed by atoms with van der Waals surface area (Å²) < 4.78 is 7.69. The van der Waals surface area contributed by atoms with E-state index in [1.165, 1.54) is 17.2 Å². The Bertz CT molecular complexity index is 1620. The van der Waals surface area contributed by atoms with Gasteiger partial charge in [0.25, 0.3) is 0 Å². The lowest BCUT2D eigenvalue weighted by atomic mass is 9.76. The van der Waals surface area contributed by atoms with Crippen LogP contribution in [-0.4, -0.2) is 121 Å². The van der Waals surface area contributed by atoms with Gasteiger partial charge in [-0.2, -0.15) is 0 Å². The molecule has 15 heteroatoms. The molecule has 6 rings (SSSR count). The number of nitrogens with two attached hydrogens (primary N) is 1. The van der Waals surface area contributed by atoms with Gasteiger partial charge < -0.3 is 46.1 Å². The van der Waals surface area contributed by atoms with Gasteiger partial charge in [-0.25, -0.2) is 19.9 Å². The van der Waals surface area contributed by atoms with Crippen molar-refractivity contribution in [1.29, 1.82) is 0 Å². The number of aliphatic hydroxyl groups is 6. The first kappa shape index (κ1) is 31.7. The first-order valence-electron chi connectivity index (χ1n) is 15.2. The number of aryl methyl sites for hydroxylation is 1. The van der Waals surface area contributed by atoms with Gasteiger partial charge in [0.05, 0.1) is 42.6 Å². The van der Waals surface area contributed by atoms with Crippen LogP contribution in [0.2, 0.25) is 0 Å². The van der Waals surface area contributed by atoms with E-state index in [2.05, 4.69) is 19.9 Å². The Morgan fingerprint density at radius 2 is 1.80 bits per heavy atom. The number of nitrogens with zero attached hydrogens (tertiary/aromatic N) is 6. The molecule has 1 aliphatic carbocycles. The molecule has 1 saturated heterocycles. The summed E-state index contributed by atoms with van der Waals surface area (Å²) in [4.78, 5) is 22.3. The van der Waals surface area contributed by atoms with Gasteiger partial charge in [-0.3, -0.25) is 9.47 Å². The quantitative estimate of drug-likeness (QED) is 0.0933. The van der Waals surface area contributed by atoms with Crippen molar-refractivity contribution in [3.8, 4) is 0 Å². The van der Waals surface area contributed by atoms with Crippen molar-refractivity contribution in [3.63, 3.8) is 0 Å². The number of nitrogens with one attached hydrogen (secondary N) is 1. The normalized spacial score (nSPS) is 25.9. The van der Waals surface area contributed by atoms with Crippen molar-refractivity contribution >= 4 is 28.0 Å². The number of hydrogen-bond donors (Lipinski definition) is 8. The van der Waals surface area contributed by atoms with E-state index >= 15 is 0 Å². The molecule has 0 radical (unpaired) electrons. The summed E-state index contributed by atoms with van der Waals surface area (Å²) in [5, 5.41) is 62.3. The van der Waals surface area contributed by atoms with Crippen molar-refractivity contribution in [3.05, 3.63) is 42.2 Å². The highest BCUT2D eigenvalue weighted by Gasteiger charge is 2.48. The molecule has 15 nitrogen and oxygen atoms in total. The zero-order valence-electron chi connectivity index (χ0n) is 25.4. The average molecular weight is 627 g/mol. The smallest absolute Gasteiger partial charge is 0.167 e. The standard InChI is InChI=1S/C30H42N8O7/c1-29(2,44)38(10-21-24(42)25(43)28(45-21)37-15-34-23-26(31)32-14-33-27(23)37)18-7-16(8-18)3-6-22-35-19-5-4-17(9-20(19)36-22)30(11-39,12-40)13-41/h4-5,9,14-16,18,21,24-25,28,39-44H,3,6-8,10-13H2,1-2H3,(H,35,36)(H2,31,32,33). The lowest BCUT2D eigenvalue weighted by molar-refractivity contribution is -0.151. The summed E-state index contributed by atoms with van der Waals surface area (Å²) in [5.41, 5.74) is 6.54. The molecule has 1 aliphatic heterocycles. The molecule has 0 amide bonds. The highest BCUT2D eigenvalue weighted by Crippen LogP contribution is 2.40. The van der Waals surface area contributed by atoms with Gasteiger partial charge in [-0.15, -0.1) is 0 Å². The summed E-state index contributed by atoms with van der Waals surface area (Å²) in [6.07, 6.45) is 1.91. The van der Waals surface area contributed by atoms with Crippen molar-refractivity contribution < 1.29 is 35.4 Å². The van der Waals surface area contributed by atoms with Gasteiger partial charge in [0.1, 0.15) is 41.7 Å². The van der Waals surface area contributed by atoms with E-state index in [4.69, 9.17) is 15.5 Å². The number of imidazole rings is 2. The van der Waals surface area contributed by atoms with Gasteiger partial charge >= 0.3 is 0 Å². The topological polar surface area (TPSA) is 232 Å². The molecule has 244 valence electrons. The number of ether oxygens (including phenoxy) is 1. The number of fused-ring (bicyclic) bond motifs is 2. The Morgan fingerprint density at radius 1 is 1.07 bits per heavy atom. The zero-order valence-corrected chi connectivity index (χ0v) is 25.4. The van der Waals surface area contributed by atoms with Crippen LogP contribution in [0.3, 0.4) is 0 Å². The van der Waals surface area contributed by atoms with Gasteiger partial charge in [0.2, 0.25) is 0 Å². The molecule has 9 N–H and O–H groups in total. The predicted octanol–water partition coefficient (Wildman–Crippen LogP) is -0.439. The third kappa shape index (κ3) is 5.79. The minimum absolute atomic E-state index is 0.0606. The minimum Gasteiger partial charge on any atom is -0.395 e. The third-order valence-corrected chi connectivity index (χ3v) is 9.57. The molecule has 0 bridgehead atoms. The number of aliphatic hydroxyl groups excluding tert-OH is 5. The van der Waals surface area contributed by atoms with Crippen molar-refractivity contribution in [2.45, 2.75) is 81.3 Å². The molecule has 3 aromatic heterocycles. The highest BCUT2D eigenvalue weighted by molar-refractivity contribution is 5.81. The first-order chi connectivity index (χ1) is 21.5. The van der Waals surface area contributed by atoms with E-state index < -0.39 is 35.7 Å². The van der Waals surface area contributed by atoms with Crippen LogP contribution in [0.15, 0.2) is 30.9 Å². The van der Waals surface area contributed by atoms with Crippen LogP contribution in [0.1, 0.15) is 50.7 Å². The third-order valence-electron chi connectivity index (χ3n) is 9.57. The summed E-state index contributed by atoms with van der Waals surface area (Å²) in [7, 11) is 0. The van der Waals surface area contributed by atoms with E-state index in [0.717, 1.165) is 42.5 Å². The van der Waals surface area contributed by atoms with Crippen LogP contribution in [0.25, 0.3) is 22.2 Å². The Balaban J connectivity index is 1.07. The molecule has 4 unspecified atom stereocenters. The number of anilines is 1.